The van der Waals surface area contributed by atoms with Gasteiger partial charge >= 0.3 is 0 Å². The van der Waals surface area contributed by atoms with Gasteiger partial charge in [0, 0.05) is 20.4 Å². The van der Waals surface area contributed by atoms with Crippen molar-refractivity contribution < 1.29 is 9.59 Å². The zero-order valence-electron chi connectivity index (χ0n) is 15.9. The Kier molecular flexibility index (Phi) is 17.6. The van der Waals surface area contributed by atoms with Crippen molar-refractivity contribution in [3.05, 3.63) is 0 Å². The normalized spacial score (nSPS) is 10.1. The fraction of sp³-hybridized carbons (Fsp3) is 0.895. The summed E-state index contributed by atoms with van der Waals surface area (Å²) in [6.45, 7) is 12.4. The van der Waals surface area contributed by atoms with E-state index < -0.39 is 0 Å². The van der Waals surface area contributed by atoms with Gasteiger partial charge in [0.15, 0.2) is 0 Å². The molecule has 22 heavy (non-hydrogen) atoms. The first kappa shape index (κ1) is 23.4. The van der Waals surface area contributed by atoms with Crippen LogP contribution < -0.4 is 0 Å². The number of carbonyl (C=O) groups excluding carboxylic acids is 2. The average molecular weight is 314 g/mol. The minimum Gasteiger partial charge on any atom is -0.283 e. The zero-order chi connectivity index (χ0) is 17.4. The number of carbonyl (C=O) groups is 2. The highest BCUT2D eigenvalue weighted by Crippen LogP contribution is 2.11. The van der Waals surface area contributed by atoms with E-state index in [1.807, 2.05) is 0 Å². The van der Waals surface area contributed by atoms with Crippen molar-refractivity contribution in [2.24, 2.45) is 5.92 Å². The molecule has 0 rings (SSSR count). The van der Waals surface area contributed by atoms with E-state index in [2.05, 4.69) is 27.7 Å². The topological polar surface area (TPSA) is 37.4 Å². The molecule has 0 atom stereocenters. The predicted molar refractivity (Wildman–Crippen MR) is 95.8 cm³/mol. The Labute approximate surface area is 138 Å². The highest BCUT2D eigenvalue weighted by Gasteiger charge is 2.11. The molecule has 0 aliphatic carbocycles. The van der Waals surface area contributed by atoms with Crippen LogP contribution in [0.5, 0.6) is 0 Å². The largest absolute Gasteiger partial charge is 0.283 e. The van der Waals surface area contributed by atoms with Gasteiger partial charge in [-0.3, -0.25) is 14.5 Å². The Hall–Kier alpha value is -0.860. The van der Waals surface area contributed by atoms with Crippen LogP contribution in [0.25, 0.3) is 0 Å². The van der Waals surface area contributed by atoms with E-state index in [0.29, 0.717) is 6.54 Å². The van der Waals surface area contributed by atoms with Crippen LogP contribution >= 0.6 is 0 Å². The van der Waals surface area contributed by atoms with Gasteiger partial charge in [-0.1, -0.05) is 79.1 Å². The summed E-state index contributed by atoms with van der Waals surface area (Å²) in [6.07, 6.45) is 11.1. The molecule has 0 N–H and O–H groups in total. The fourth-order valence-corrected chi connectivity index (χ4v) is 2.07. The van der Waals surface area contributed by atoms with Crippen LogP contribution in [0.15, 0.2) is 0 Å². The van der Waals surface area contributed by atoms with E-state index in [-0.39, 0.29) is 11.8 Å². The maximum absolute atomic E-state index is 11.2. The molecular formula is C19H39NO2. The molecule has 0 aliphatic heterocycles. The monoisotopic (exact) mass is 313 g/mol. The van der Waals surface area contributed by atoms with Gasteiger partial charge in [-0.25, -0.2) is 0 Å². The van der Waals surface area contributed by atoms with Gasteiger partial charge < -0.3 is 0 Å². The number of hydrogen-bond donors (Lipinski definition) is 0. The molecule has 0 fully saturated rings. The van der Waals surface area contributed by atoms with E-state index in [9.17, 15) is 9.59 Å². The standard InChI is InChI=1S/C15H29NO2.C4H10/c1-13(2)11-9-7-5-6-8-10-12-16(14(3)17)15(4)18;1-3-4-2/h13H,5-12H2,1-4H3;3-4H2,1-2H3. The molecule has 0 radical (unpaired) electrons. The van der Waals surface area contributed by atoms with Crippen molar-refractivity contribution in [2.75, 3.05) is 6.54 Å². The molecule has 0 saturated heterocycles. The Morgan fingerprint density at radius 1 is 0.773 bits per heavy atom. The quantitative estimate of drug-likeness (QED) is 0.494. The summed E-state index contributed by atoms with van der Waals surface area (Å²) >= 11 is 0. The first-order valence-corrected chi connectivity index (χ1v) is 9.15. The van der Waals surface area contributed by atoms with Crippen molar-refractivity contribution >= 4 is 11.8 Å². The SMILES string of the molecule is CC(=O)N(CCCCCCCCC(C)C)C(C)=O.CCCC. The molecule has 0 aromatic heterocycles. The summed E-state index contributed by atoms with van der Waals surface area (Å²) in [5, 5.41) is 0. The second-order valence-corrected chi connectivity index (χ2v) is 6.49. The smallest absolute Gasteiger partial charge is 0.226 e. The van der Waals surface area contributed by atoms with Gasteiger partial charge in [0.05, 0.1) is 0 Å². The number of unbranched alkanes of at least 4 members (excludes halogenated alkanes) is 6. The van der Waals surface area contributed by atoms with Crippen molar-refractivity contribution in [1.82, 2.24) is 4.90 Å². The molecule has 132 valence electrons. The third-order valence-corrected chi connectivity index (χ3v) is 3.67. The van der Waals surface area contributed by atoms with Gasteiger partial charge in [-0.05, 0) is 12.3 Å². The van der Waals surface area contributed by atoms with Gasteiger partial charge in [-0.2, -0.15) is 0 Å². The molecule has 0 spiro atoms. The molecule has 0 unspecified atom stereocenters. The average Bonchev–Trinajstić information content (AvgIpc) is 2.44. The van der Waals surface area contributed by atoms with Crippen molar-refractivity contribution in [1.29, 1.82) is 0 Å². The zero-order valence-corrected chi connectivity index (χ0v) is 15.9. The molecule has 3 heteroatoms. The van der Waals surface area contributed by atoms with Crippen LogP contribution in [0.4, 0.5) is 0 Å². The van der Waals surface area contributed by atoms with Crippen LogP contribution in [0.2, 0.25) is 0 Å². The van der Waals surface area contributed by atoms with E-state index in [1.54, 1.807) is 0 Å². The van der Waals surface area contributed by atoms with Crippen molar-refractivity contribution in [3.8, 4) is 0 Å². The number of hydrogen-bond acceptors (Lipinski definition) is 2. The summed E-state index contributed by atoms with van der Waals surface area (Å²) in [4.78, 5) is 23.7. The highest BCUT2D eigenvalue weighted by molar-refractivity contribution is 5.92. The summed E-state index contributed by atoms with van der Waals surface area (Å²) in [6, 6.07) is 0. The molecule has 0 heterocycles. The predicted octanol–water partition coefficient (Wildman–Crippen LogP) is 5.57. The minimum atomic E-state index is -0.139. The summed E-state index contributed by atoms with van der Waals surface area (Å²) in [5.74, 6) is 0.531. The van der Waals surface area contributed by atoms with Crippen LogP contribution in [-0.2, 0) is 9.59 Å². The van der Waals surface area contributed by atoms with E-state index in [1.165, 1.54) is 63.7 Å². The first-order valence-electron chi connectivity index (χ1n) is 9.15. The molecule has 0 aliphatic rings. The van der Waals surface area contributed by atoms with Crippen molar-refractivity contribution in [3.63, 3.8) is 0 Å². The highest BCUT2D eigenvalue weighted by atomic mass is 16.2. The lowest BCUT2D eigenvalue weighted by Crippen LogP contribution is -2.34. The molecule has 0 aromatic rings. The molecule has 3 nitrogen and oxygen atoms in total. The van der Waals surface area contributed by atoms with Crippen LogP contribution in [0.3, 0.4) is 0 Å². The third-order valence-electron chi connectivity index (χ3n) is 3.67. The lowest BCUT2D eigenvalue weighted by molar-refractivity contribution is -0.142. The van der Waals surface area contributed by atoms with E-state index in [4.69, 9.17) is 0 Å². The number of amides is 2. The van der Waals surface area contributed by atoms with Crippen LogP contribution in [0, 0.1) is 5.92 Å². The summed E-state index contributed by atoms with van der Waals surface area (Å²) in [5.41, 5.74) is 0. The fourth-order valence-electron chi connectivity index (χ4n) is 2.07. The van der Waals surface area contributed by atoms with Crippen LogP contribution in [-0.4, -0.2) is 23.3 Å². The van der Waals surface area contributed by atoms with Crippen LogP contribution in [0.1, 0.15) is 99.3 Å². The summed E-state index contributed by atoms with van der Waals surface area (Å²) < 4.78 is 0. The second-order valence-electron chi connectivity index (χ2n) is 6.49. The maximum Gasteiger partial charge on any atom is 0.226 e. The Morgan fingerprint density at radius 2 is 1.18 bits per heavy atom. The van der Waals surface area contributed by atoms with E-state index in [0.717, 1.165) is 18.8 Å². The molecule has 0 saturated carbocycles. The lowest BCUT2D eigenvalue weighted by atomic mass is 10.0. The number of nitrogens with zero attached hydrogens (tertiary/aromatic N) is 1. The Bertz CT molecular complexity index is 259. The lowest BCUT2D eigenvalue weighted by Gasteiger charge is -2.16. The first-order chi connectivity index (χ1) is 10.4. The van der Waals surface area contributed by atoms with E-state index >= 15 is 0 Å². The van der Waals surface area contributed by atoms with Crippen molar-refractivity contribution in [2.45, 2.75) is 99.3 Å². The molecular weight excluding hydrogens is 274 g/mol. The number of imide groups is 1. The Morgan fingerprint density at radius 3 is 1.55 bits per heavy atom. The molecule has 2 amide bonds. The molecule has 0 bridgehead atoms. The minimum absolute atomic E-state index is 0.139. The maximum atomic E-state index is 11.2. The molecule has 0 aromatic carbocycles. The van der Waals surface area contributed by atoms with Gasteiger partial charge in [-0.15, -0.1) is 0 Å². The van der Waals surface area contributed by atoms with Gasteiger partial charge in [0.2, 0.25) is 11.8 Å². The van der Waals surface area contributed by atoms with Gasteiger partial charge in [0.1, 0.15) is 0 Å². The third kappa shape index (κ3) is 17.2. The number of rotatable bonds is 10. The second kappa shape index (κ2) is 16.5. The Balaban J connectivity index is 0. The van der Waals surface area contributed by atoms with Gasteiger partial charge in [0.25, 0.3) is 0 Å². The summed E-state index contributed by atoms with van der Waals surface area (Å²) in [7, 11) is 0.